The lowest BCUT2D eigenvalue weighted by Crippen LogP contribution is -2.39. The van der Waals surface area contributed by atoms with Crippen molar-refractivity contribution in [3.63, 3.8) is 0 Å². The first-order valence-corrected chi connectivity index (χ1v) is 12.1. The number of nitrogens with one attached hydrogen (secondary N) is 1. The molecule has 1 saturated carbocycles. The molecule has 10 heteroatoms. The third-order valence-corrected chi connectivity index (χ3v) is 6.42. The third-order valence-electron chi connectivity index (χ3n) is 6.42. The van der Waals surface area contributed by atoms with Crippen LogP contribution in [0, 0.1) is 0 Å². The monoisotopic (exact) mass is 480 g/mol. The molecule has 10 nitrogen and oxygen atoms in total. The summed E-state index contributed by atoms with van der Waals surface area (Å²) in [5.74, 6) is 0.0462. The number of benzene rings is 1. The zero-order valence-electron chi connectivity index (χ0n) is 19.6. The van der Waals surface area contributed by atoms with E-state index in [2.05, 4.69) is 10.4 Å². The average Bonchev–Trinajstić information content (AvgIpc) is 3.47. The fraction of sp³-hybridized carbons (Fsp3) is 0.440. The molecule has 0 unspecified atom stereocenters. The Bertz CT molecular complexity index is 1320. The predicted octanol–water partition coefficient (Wildman–Crippen LogP) is 3.23. The minimum absolute atomic E-state index is 0.00115. The first-order chi connectivity index (χ1) is 17.0. The van der Waals surface area contributed by atoms with E-state index in [1.54, 1.807) is 25.1 Å². The van der Waals surface area contributed by atoms with Crippen LogP contribution in [0.15, 0.2) is 35.3 Å². The van der Waals surface area contributed by atoms with Crippen LogP contribution in [0.3, 0.4) is 0 Å². The van der Waals surface area contributed by atoms with Gasteiger partial charge >= 0.3 is 5.97 Å². The summed E-state index contributed by atoms with van der Waals surface area (Å²) in [6.45, 7) is 1.97. The second-order valence-corrected chi connectivity index (χ2v) is 8.79. The van der Waals surface area contributed by atoms with Gasteiger partial charge in [-0.15, -0.1) is 0 Å². The molecule has 35 heavy (non-hydrogen) atoms. The van der Waals surface area contributed by atoms with Crippen LogP contribution >= 0.6 is 0 Å². The van der Waals surface area contributed by atoms with Gasteiger partial charge < -0.3 is 19.5 Å². The zero-order valence-corrected chi connectivity index (χ0v) is 19.6. The molecule has 0 saturated heterocycles. The van der Waals surface area contributed by atoms with E-state index in [-0.39, 0.29) is 42.3 Å². The normalized spacial score (nSPS) is 16.0. The van der Waals surface area contributed by atoms with E-state index >= 15 is 0 Å². The highest BCUT2D eigenvalue weighted by Gasteiger charge is 2.24. The molecule has 0 radical (unpaired) electrons. The Balaban J connectivity index is 1.59. The number of rotatable bonds is 5. The van der Waals surface area contributed by atoms with E-state index in [1.165, 1.54) is 27.8 Å². The summed E-state index contributed by atoms with van der Waals surface area (Å²) in [6.07, 6.45) is 8.93. The van der Waals surface area contributed by atoms with Gasteiger partial charge in [-0.05, 0) is 31.9 Å². The molecule has 0 bridgehead atoms. The standard InChI is InChI=1S/C25H28N4O6/c1-2-33-25(32)18-13-19-24(31)29(17-10-11-21-22(12-17)35-15-34-21)20(14-28(19)27-18)23(30)26-16-8-6-4-3-5-7-9-16/h10-14,16H,2-9,15H2,1H3,(H,26,30). The predicted molar refractivity (Wildman–Crippen MR) is 126 cm³/mol. The third kappa shape index (κ3) is 4.60. The molecule has 1 fully saturated rings. The smallest absolute Gasteiger partial charge is 0.358 e. The minimum atomic E-state index is -0.634. The van der Waals surface area contributed by atoms with Crippen molar-refractivity contribution in [1.29, 1.82) is 0 Å². The van der Waals surface area contributed by atoms with Gasteiger partial charge in [0, 0.05) is 18.2 Å². The Kier molecular flexibility index (Phi) is 6.43. The molecule has 2 aromatic heterocycles. The number of aromatic nitrogens is 3. The molecule has 1 aliphatic heterocycles. The number of esters is 1. The van der Waals surface area contributed by atoms with Crippen LogP contribution in [-0.4, -0.2) is 45.5 Å². The first kappa shape index (κ1) is 22.9. The minimum Gasteiger partial charge on any atom is -0.461 e. The van der Waals surface area contributed by atoms with Gasteiger partial charge in [-0.1, -0.05) is 32.1 Å². The van der Waals surface area contributed by atoms with Crippen molar-refractivity contribution >= 4 is 17.4 Å². The van der Waals surface area contributed by atoms with Crippen molar-refractivity contribution < 1.29 is 23.8 Å². The highest BCUT2D eigenvalue weighted by molar-refractivity contribution is 5.94. The van der Waals surface area contributed by atoms with Crippen molar-refractivity contribution in [2.45, 2.75) is 57.9 Å². The molecule has 0 atom stereocenters. The van der Waals surface area contributed by atoms with Crippen LogP contribution in [0.4, 0.5) is 0 Å². The van der Waals surface area contributed by atoms with Crippen molar-refractivity contribution in [3.8, 4) is 17.2 Å². The fourth-order valence-electron chi connectivity index (χ4n) is 4.66. The molecular formula is C25H28N4O6. The van der Waals surface area contributed by atoms with Crippen molar-refractivity contribution in [1.82, 2.24) is 19.5 Å². The van der Waals surface area contributed by atoms with Crippen LogP contribution in [0.25, 0.3) is 11.2 Å². The lowest BCUT2D eigenvalue weighted by molar-refractivity contribution is 0.0519. The van der Waals surface area contributed by atoms with Crippen LogP contribution < -0.4 is 20.3 Å². The summed E-state index contributed by atoms with van der Waals surface area (Å²) in [6, 6.07) is 6.47. The van der Waals surface area contributed by atoms with Gasteiger partial charge in [0.1, 0.15) is 11.2 Å². The summed E-state index contributed by atoms with van der Waals surface area (Å²) in [5.41, 5.74) is 0.217. The Morgan fingerprint density at radius 1 is 1.09 bits per heavy atom. The topological polar surface area (TPSA) is 113 Å². The number of amides is 1. The lowest BCUT2D eigenvalue weighted by atomic mass is 9.96. The number of carbonyl (C=O) groups excluding carboxylic acids is 2. The maximum Gasteiger partial charge on any atom is 0.358 e. The molecular weight excluding hydrogens is 452 g/mol. The molecule has 2 aliphatic rings. The molecule has 1 aromatic carbocycles. The number of hydrogen-bond donors (Lipinski definition) is 1. The summed E-state index contributed by atoms with van der Waals surface area (Å²) >= 11 is 0. The first-order valence-electron chi connectivity index (χ1n) is 12.1. The molecule has 1 aliphatic carbocycles. The van der Waals surface area contributed by atoms with Gasteiger partial charge in [-0.25, -0.2) is 9.31 Å². The molecule has 3 aromatic rings. The van der Waals surface area contributed by atoms with Gasteiger partial charge in [0.05, 0.1) is 18.5 Å². The largest absolute Gasteiger partial charge is 0.461 e. The van der Waals surface area contributed by atoms with E-state index < -0.39 is 11.5 Å². The maximum atomic E-state index is 13.6. The second kappa shape index (κ2) is 9.81. The Labute approximate surface area is 201 Å². The SMILES string of the molecule is CCOC(=O)c1cc2c(=O)n(-c3ccc4c(c3)OCO4)c(C(=O)NC3CCCCCCC3)cn2n1. The molecule has 1 N–H and O–H groups in total. The van der Waals surface area contributed by atoms with Crippen molar-refractivity contribution in [3.05, 3.63) is 52.2 Å². The summed E-state index contributed by atoms with van der Waals surface area (Å²) in [5, 5.41) is 7.33. The van der Waals surface area contributed by atoms with E-state index in [0.29, 0.717) is 17.2 Å². The molecule has 3 heterocycles. The van der Waals surface area contributed by atoms with E-state index in [4.69, 9.17) is 14.2 Å². The van der Waals surface area contributed by atoms with Gasteiger partial charge in [0.15, 0.2) is 17.2 Å². The fourth-order valence-corrected chi connectivity index (χ4v) is 4.66. The van der Waals surface area contributed by atoms with Gasteiger partial charge in [-0.2, -0.15) is 5.10 Å². The van der Waals surface area contributed by atoms with Gasteiger partial charge in [0.2, 0.25) is 6.79 Å². The Morgan fingerprint density at radius 3 is 2.60 bits per heavy atom. The van der Waals surface area contributed by atoms with Gasteiger partial charge in [0.25, 0.3) is 11.5 Å². The summed E-state index contributed by atoms with van der Waals surface area (Å²) < 4.78 is 18.5. The highest BCUT2D eigenvalue weighted by atomic mass is 16.7. The molecule has 5 rings (SSSR count). The van der Waals surface area contributed by atoms with Crippen LogP contribution in [0.1, 0.15) is 72.8 Å². The van der Waals surface area contributed by atoms with Crippen LogP contribution in [-0.2, 0) is 4.74 Å². The molecule has 1 amide bonds. The zero-order chi connectivity index (χ0) is 24.4. The quantitative estimate of drug-likeness (QED) is 0.558. The average molecular weight is 481 g/mol. The molecule has 0 spiro atoms. The number of nitrogens with zero attached hydrogens (tertiary/aromatic N) is 3. The number of hydrogen-bond acceptors (Lipinski definition) is 7. The van der Waals surface area contributed by atoms with E-state index in [0.717, 1.165) is 38.5 Å². The Morgan fingerprint density at radius 2 is 1.83 bits per heavy atom. The van der Waals surface area contributed by atoms with Crippen LogP contribution in [0.5, 0.6) is 11.5 Å². The summed E-state index contributed by atoms with van der Waals surface area (Å²) in [4.78, 5) is 39.4. The second-order valence-electron chi connectivity index (χ2n) is 8.79. The number of fused-ring (bicyclic) bond motifs is 2. The molecule has 184 valence electrons. The van der Waals surface area contributed by atoms with E-state index in [1.807, 2.05) is 0 Å². The number of ether oxygens (including phenoxy) is 3. The van der Waals surface area contributed by atoms with Gasteiger partial charge in [-0.3, -0.25) is 14.2 Å². The highest BCUT2D eigenvalue weighted by Crippen LogP contribution is 2.33. The summed E-state index contributed by atoms with van der Waals surface area (Å²) in [7, 11) is 0. The Hall–Kier alpha value is -3.82. The number of carbonyl (C=O) groups is 2. The maximum absolute atomic E-state index is 13.6. The van der Waals surface area contributed by atoms with Crippen molar-refractivity contribution in [2.24, 2.45) is 0 Å². The van der Waals surface area contributed by atoms with Crippen LogP contribution in [0.2, 0.25) is 0 Å². The lowest BCUT2D eigenvalue weighted by Gasteiger charge is -2.22. The van der Waals surface area contributed by atoms with Crippen molar-refractivity contribution in [2.75, 3.05) is 13.4 Å². The van der Waals surface area contributed by atoms with E-state index in [9.17, 15) is 14.4 Å².